The Labute approximate surface area is 123 Å². The third kappa shape index (κ3) is 3.69. The molecule has 0 aliphatic heterocycles. The number of carbonyl (C=O) groups excluding carboxylic acids is 1. The molecule has 0 atom stereocenters. The zero-order valence-electron chi connectivity index (χ0n) is 11.2. The maximum absolute atomic E-state index is 12.0. The fourth-order valence-electron chi connectivity index (χ4n) is 2.03. The molecule has 0 radical (unpaired) electrons. The number of nitriles is 1. The number of Topliss-reactive ketones (excluding diaryl/α,β-unsaturated/α-hetero) is 1. The molecule has 2 aromatic rings. The van der Waals surface area contributed by atoms with E-state index in [9.17, 15) is 4.79 Å². The molecule has 0 unspecified atom stereocenters. The lowest BCUT2D eigenvalue weighted by Crippen LogP contribution is -2.06. The van der Waals surface area contributed by atoms with E-state index in [0.717, 1.165) is 16.7 Å². The molecule has 0 aliphatic carbocycles. The van der Waals surface area contributed by atoms with Gasteiger partial charge in [0.1, 0.15) is 5.78 Å². The van der Waals surface area contributed by atoms with Gasteiger partial charge >= 0.3 is 0 Å². The minimum absolute atomic E-state index is 0.149. The van der Waals surface area contributed by atoms with Crippen molar-refractivity contribution in [3.63, 3.8) is 0 Å². The monoisotopic (exact) mass is 283 g/mol. The Bertz CT molecular complexity index is 668. The zero-order valence-corrected chi connectivity index (χ0v) is 11.9. The molecule has 0 saturated heterocycles. The Balaban J connectivity index is 2.01. The van der Waals surface area contributed by atoms with Gasteiger partial charge in [0, 0.05) is 17.9 Å². The average molecular weight is 284 g/mol. The Morgan fingerprint density at radius 3 is 2.30 bits per heavy atom. The van der Waals surface area contributed by atoms with E-state index in [0.29, 0.717) is 23.4 Å². The van der Waals surface area contributed by atoms with Crippen LogP contribution >= 0.6 is 11.6 Å². The summed E-state index contributed by atoms with van der Waals surface area (Å²) in [7, 11) is 0. The van der Waals surface area contributed by atoms with Gasteiger partial charge in [0.2, 0.25) is 0 Å². The van der Waals surface area contributed by atoms with Crippen LogP contribution in [0, 0.1) is 18.3 Å². The molecule has 0 aliphatic rings. The molecule has 20 heavy (non-hydrogen) atoms. The lowest BCUT2D eigenvalue weighted by atomic mass is 10.0. The Hall–Kier alpha value is -2.11. The molecule has 0 amide bonds. The standard InChI is InChI=1S/C17H14ClNO/c1-12-8-15(6-7-17(12)18)10-16(20)9-13-2-4-14(11-19)5-3-13/h2-8H,9-10H2,1H3. The van der Waals surface area contributed by atoms with E-state index < -0.39 is 0 Å². The number of nitrogens with zero attached hydrogens (tertiary/aromatic N) is 1. The van der Waals surface area contributed by atoms with Gasteiger partial charge in [-0.3, -0.25) is 4.79 Å². The second-order valence-electron chi connectivity index (χ2n) is 4.78. The highest BCUT2D eigenvalue weighted by molar-refractivity contribution is 6.31. The van der Waals surface area contributed by atoms with Crippen molar-refractivity contribution < 1.29 is 4.79 Å². The molecular weight excluding hydrogens is 270 g/mol. The molecule has 0 heterocycles. The first-order valence-corrected chi connectivity index (χ1v) is 6.72. The minimum Gasteiger partial charge on any atom is -0.299 e. The number of rotatable bonds is 4. The van der Waals surface area contributed by atoms with E-state index in [2.05, 4.69) is 6.07 Å². The van der Waals surface area contributed by atoms with E-state index in [-0.39, 0.29) is 5.78 Å². The van der Waals surface area contributed by atoms with Crippen molar-refractivity contribution in [2.45, 2.75) is 19.8 Å². The largest absolute Gasteiger partial charge is 0.299 e. The maximum Gasteiger partial charge on any atom is 0.141 e. The fourth-order valence-corrected chi connectivity index (χ4v) is 2.15. The molecule has 100 valence electrons. The summed E-state index contributed by atoms with van der Waals surface area (Å²) in [6.45, 7) is 1.93. The van der Waals surface area contributed by atoms with Gasteiger partial charge in [-0.1, -0.05) is 35.9 Å². The van der Waals surface area contributed by atoms with Crippen LogP contribution in [0.3, 0.4) is 0 Å². The van der Waals surface area contributed by atoms with E-state index >= 15 is 0 Å². The smallest absolute Gasteiger partial charge is 0.141 e. The Morgan fingerprint density at radius 2 is 1.70 bits per heavy atom. The van der Waals surface area contributed by atoms with Crippen molar-refractivity contribution in [3.05, 3.63) is 69.7 Å². The van der Waals surface area contributed by atoms with Crippen LogP contribution in [0.25, 0.3) is 0 Å². The number of aryl methyl sites for hydroxylation is 1. The molecule has 0 aromatic heterocycles. The second kappa shape index (κ2) is 6.36. The van der Waals surface area contributed by atoms with E-state index in [1.165, 1.54) is 0 Å². The molecule has 2 aromatic carbocycles. The molecule has 3 heteroatoms. The van der Waals surface area contributed by atoms with E-state index in [4.69, 9.17) is 16.9 Å². The highest BCUT2D eigenvalue weighted by Gasteiger charge is 2.06. The second-order valence-corrected chi connectivity index (χ2v) is 5.19. The van der Waals surface area contributed by atoms with Crippen molar-refractivity contribution in [2.24, 2.45) is 0 Å². The van der Waals surface area contributed by atoms with Crippen molar-refractivity contribution in [1.29, 1.82) is 5.26 Å². The van der Waals surface area contributed by atoms with Crippen LogP contribution in [0.2, 0.25) is 5.02 Å². The fraction of sp³-hybridized carbons (Fsp3) is 0.176. The summed E-state index contributed by atoms with van der Waals surface area (Å²) in [6.07, 6.45) is 0.783. The van der Waals surface area contributed by atoms with Gasteiger partial charge in [-0.05, 0) is 41.8 Å². The van der Waals surface area contributed by atoms with Gasteiger partial charge in [-0.15, -0.1) is 0 Å². The highest BCUT2D eigenvalue weighted by Crippen LogP contribution is 2.17. The summed E-state index contributed by atoms with van der Waals surface area (Å²) >= 11 is 5.96. The lowest BCUT2D eigenvalue weighted by molar-refractivity contribution is -0.117. The summed E-state index contributed by atoms with van der Waals surface area (Å²) in [6, 6.07) is 14.8. The van der Waals surface area contributed by atoms with Crippen LogP contribution in [0.1, 0.15) is 22.3 Å². The van der Waals surface area contributed by atoms with Crippen LogP contribution in [-0.4, -0.2) is 5.78 Å². The predicted octanol–water partition coefficient (Wildman–Crippen LogP) is 3.87. The van der Waals surface area contributed by atoms with Gasteiger partial charge in [-0.25, -0.2) is 0 Å². The van der Waals surface area contributed by atoms with Gasteiger partial charge in [0.25, 0.3) is 0 Å². The first kappa shape index (κ1) is 14.3. The Kier molecular flexibility index (Phi) is 4.55. The maximum atomic E-state index is 12.0. The van der Waals surface area contributed by atoms with E-state index in [1.807, 2.05) is 37.3 Å². The van der Waals surface area contributed by atoms with Gasteiger partial charge < -0.3 is 0 Å². The lowest BCUT2D eigenvalue weighted by Gasteiger charge is -2.04. The van der Waals surface area contributed by atoms with E-state index in [1.54, 1.807) is 12.1 Å². The zero-order chi connectivity index (χ0) is 14.5. The topological polar surface area (TPSA) is 40.9 Å². The predicted molar refractivity (Wildman–Crippen MR) is 79.8 cm³/mol. The van der Waals surface area contributed by atoms with Crippen LogP contribution in [0.4, 0.5) is 0 Å². The third-order valence-corrected chi connectivity index (χ3v) is 3.53. The first-order valence-electron chi connectivity index (χ1n) is 6.34. The van der Waals surface area contributed by atoms with Crippen molar-refractivity contribution in [2.75, 3.05) is 0 Å². The number of benzene rings is 2. The van der Waals surface area contributed by atoms with Gasteiger partial charge in [-0.2, -0.15) is 5.26 Å². The molecule has 0 N–H and O–H groups in total. The number of carbonyl (C=O) groups is 1. The number of halogens is 1. The highest BCUT2D eigenvalue weighted by atomic mass is 35.5. The van der Waals surface area contributed by atoms with Crippen LogP contribution in [-0.2, 0) is 17.6 Å². The molecule has 0 saturated carbocycles. The Morgan fingerprint density at radius 1 is 1.10 bits per heavy atom. The molecule has 0 fully saturated rings. The minimum atomic E-state index is 0.149. The number of hydrogen-bond acceptors (Lipinski definition) is 2. The number of hydrogen-bond donors (Lipinski definition) is 0. The van der Waals surface area contributed by atoms with Gasteiger partial charge in [0.15, 0.2) is 0 Å². The quantitative estimate of drug-likeness (QED) is 0.854. The van der Waals surface area contributed by atoms with Crippen LogP contribution in [0.15, 0.2) is 42.5 Å². The summed E-state index contributed by atoms with van der Waals surface area (Å²) < 4.78 is 0. The average Bonchev–Trinajstić information content (AvgIpc) is 2.44. The van der Waals surface area contributed by atoms with Gasteiger partial charge in [0.05, 0.1) is 11.6 Å². The van der Waals surface area contributed by atoms with Crippen molar-refractivity contribution in [1.82, 2.24) is 0 Å². The SMILES string of the molecule is Cc1cc(CC(=O)Cc2ccc(C#N)cc2)ccc1Cl. The normalized spacial score (nSPS) is 10.1. The summed E-state index contributed by atoms with van der Waals surface area (Å²) in [5.41, 5.74) is 3.50. The summed E-state index contributed by atoms with van der Waals surface area (Å²) in [5, 5.41) is 9.44. The van der Waals surface area contributed by atoms with Crippen LogP contribution in [0.5, 0.6) is 0 Å². The van der Waals surface area contributed by atoms with Crippen LogP contribution < -0.4 is 0 Å². The molecular formula is C17H14ClNO. The molecule has 0 bridgehead atoms. The molecule has 0 spiro atoms. The number of ketones is 1. The summed E-state index contributed by atoms with van der Waals surface area (Å²) in [4.78, 5) is 12.0. The third-order valence-electron chi connectivity index (χ3n) is 3.11. The van der Waals surface area contributed by atoms with Crippen molar-refractivity contribution in [3.8, 4) is 6.07 Å². The first-order chi connectivity index (χ1) is 9.58. The summed E-state index contributed by atoms with van der Waals surface area (Å²) in [5.74, 6) is 0.149. The van der Waals surface area contributed by atoms with Crippen molar-refractivity contribution >= 4 is 17.4 Å². The molecule has 2 rings (SSSR count). The molecule has 2 nitrogen and oxygen atoms in total.